The Labute approximate surface area is 134 Å². The number of carbonyl (C=O) groups is 2. The summed E-state index contributed by atoms with van der Waals surface area (Å²) >= 11 is 7.20. The van der Waals surface area contributed by atoms with Crippen molar-refractivity contribution in [3.63, 3.8) is 0 Å². The van der Waals surface area contributed by atoms with E-state index in [4.69, 9.17) is 16.3 Å². The van der Waals surface area contributed by atoms with Gasteiger partial charge in [-0.05, 0) is 31.2 Å². The number of carbonyl (C=O) groups excluding carboxylic acids is 2. The Morgan fingerprint density at radius 2 is 2.05 bits per heavy atom. The van der Waals surface area contributed by atoms with Gasteiger partial charge in [-0.2, -0.15) is 0 Å². The Bertz CT molecular complexity index is 490. The van der Waals surface area contributed by atoms with Crippen LogP contribution in [0.4, 0.5) is 0 Å². The SMILES string of the molecule is C=CCN(CC(=O)OCC)C(=O)CSc1ccc(Cl)cc1. The fourth-order valence-corrected chi connectivity index (χ4v) is 2.47. The second kappa shape index (κ2) is 9.47. The second-order valence-corrected chi connectivity index (χ2v) is 5.60. The third-order valence-electron chi connectivity index (χ3n) is 2.50. The average Bonchev–Trinajstić information content (AvgIpc) is 2.46. The lowest BCUT2D eigenvalue weighted by Crippen LogP contribution is -2.37. The third kappa shape index (κ3) is 6.69. The summed E-state index contributed by atoms with van der Waals surface area (Å²) in [4.78, 5) is 26.0. The molecule has 1 aromatic carbocycles. The zero-order valence-corrected chi connectivity index (χ0v) is 13.5. The van der Waals surface area contributed by atoms with Crippen LogP contribution >= 0.6 is 23.4 Å². The van der Waals surface area contributed by atoms with Crippen LogP contribution in [0.3, 0.4) is 0 Å². The van der Waals surface area contributed by atoms with Gasteiger partial charge in [-0.1, -0.05) is 17.7 Å². The first kappa shape index (κ1) is 17.6. The summed E-state index contributed by atoms with van der Waals surface area (Å²) in [6.07, 6.45) is 1.59. The summed E-state index contributed by atoms with van der Waals surface area (Å²) in [6, 6.07) is 7.25. The van der Waals surface area contributed by atoms with Crippen LogP contribution in [-0.2, 0) is 14.3 Å². The molecular formula is C15H18ClNO3S. The van der Waals surface area contributed by atoms with Gasteiger partial charge in [-0.15, -0.1) is 18.3 Å². The Hall–Kier alpha value is -1.46. The summed E-state index contributed by atoms with van der Waals surface area (Å²) in [5.41, 5.74) is 0. The molecule has 0 aliphatic carbocycles. The van der Waals surface area contributed by atoms with E-state index >= 15 is 0 Å². The number of benzene rings is 1. The van der Waals surface area contributed by atoms with Crippen molar-refractivity contribution in [2.45, 2.75) is 11.8 Å². The van der Waals surface area contributed by atoms with Gasteiger partial charge in [0, 0.05) is 16.5 Å². The fourth-order valence-electron chi connectivity index (χ4n) is 1.54. The number of esters is 1. The number of nitrogens with zero attached hydrogens (tertiary/aromatic N) is 1. The summed E-state index contributed by atoms with van der Waals surface area (Å²) in [7, 11) is 0. The van der Waals surface area contributed by atoms with Gasteiger partial charge in [0.1, 0.15) is 6.54 Å². The summed E-state index contributed by atoms with van der Waals surface area (Å²) in [5.74, 6) is -0.304. The van der Waals surface area contributed by atoms with Crippen molar-refractivity contribution in [1.29, 1.82) is 0 Å². The molecule has 0 unspecified atom stereocenters. The van der Waals surface area contributed by atoms with E-state index in [0.29, 0.717) is 18.2 Å². The molecule has 0 atom stereocenters. The number of halogens is 1. The summed E-state index contributed by atoms with van der Waals surface area (Å²) in [5, 5.41) is 0.654. The molecule has 0 spiro atoms. The molecule has 0 bridgehead atoms. The average molecular weight is 328 g/mol. The van der Waals surface area contributed by atoms with Gasteiger partial charge in [0.05, 0.1) is 12.4 Å². The molecule has 6 heteroatoms. The Morgan fingerprint density at radius 1 is 1.38 bits per heavy atom. The Kier molecular flexibility index (Phi) is 7.93. The molecule has 0 radical (unpaired) electrons. The molecule has 0 aromatic heterocycles. The Morgan fingerprint density at radius 3 is 2.62 bits per heavy atom. The van der Waals surface area contributed by atoms with Gasteiger partial charge >= 0.3 is 5.97 Å². The van der Waals surface area contributed by atoms with E-state index in [-0.39, 0.29) is 18.2 Å². The standard InChI is InChI=1S/C15H18ClNO3S/c1-3-9-17(10-15(19)20-4-2)14(18)11-21-13-7-5-12(16)6-8-13/h3,5-8H,1,4,9-11H2,2H3. The molecule has 4 nitrogen and oxygen atoms in total. The van der Waals surface area contributed by atoms with Crippen molar-refractivity contribution < 1.29 is 14.3 Å². The van der Waals surface area contributed by atoms with E-state index in [9.17, 15) is 9.59 Å². The van der Waals surface area contributed by atoms with Crippen LogP contribution in [0, 0.1) is 0 Å². The molecular weight excluding hydrogens is 310 g/mol. The minimum atomic E-state index is -0.413. The molecule has 0 saturated carbocycles. The third-order valence-corrected chi connectivity index (χ3v) is 3.75. The maximum absolute atomic E-state index is 12.1. The van der Waals surface area contributed by atoms with Crippen molar-refractivity contribution in [1.82, 2.24) is 4.90 Å². The van der Waals surface area contributed by atoms with Gasteiger partial charge in [-0.25, -0.2) is 0 Å². The lowest BCUT2D eigenvalue weighted by atomic mass is 10.4. The van der Waals surface area contributed by atoms with Crippen molar-refractivity contribution in [2.24, 2.45) is 0 Å². The fraction of sp³-hybridized carbons (Fsp3) is 0.333. The minimum Gasteiger partial charge on any atom is -0.465 e. The van der Waals surface area contributed by atoms with Crippen LogP contribution in [0.25, 0.3) is 0 Å². The number of ether oxygens (including phenoxy) is 1. The van der Waals surface area contributed by atoms with E-state index < -0.39 is 5.97 Å². The molecule has 0 fully saturated rings. The molecule has 114 valence electrons. The number of rotatable bonds is 8. The van der Waals surface area contributed by atoms with E-state index in [1.807, 2.05) is 12.1 Å². The highest BCUT2D eigenvalue weighted by atomic mass is 35.5. The first-order chi connectivity index (χ1) is 10.1. The number of hydrogen-bond acceptors (Lipinski definition) is 4. The van der Waals surface area contributed by atoms with Crippen molar-refractivity contribution >= 4 is 35.2 Å². The highest BCUT2D eigenvalue weighted by Gasteiger charge is 2.16. The van der Waals surface area contributed by atoms with Crippen LogP contribution < -0.4 is 0 Å². The summed E-state index contributed by atoms with van der Waals surface area (Å²) in [6.45, 7) is 5.89. The maximum atomic E-state index is 12.1. The van der Waals surface area contributed by atoms with Gasteiger partial charge in [-0.3, -0.25) is 9.59 Å². The first-order valence-electron chi connectivity index (χ1n) is 6.49. The number of thioether (sulfide) groups is 1. The van der Waals surface area contributed by atoms with Crippen LogP contribution in [0.15, 0.2) is 41.8 Å². The molecule has 1 amide bonds. The Balaban J connectivity index is 2.53. The maximum Gasteiger partial charge on any atom is 0.325 e. The highest BCUT2D eigenvalue weighted by molar-refractivity contribution is 8.00. The van der Waals surface area contributed by atoms with Crippen LogP contribution in [0.5, 0.6) is 0 Å². The smallest absolute Gasteiger partial charge is 0.325 e. The molecule has 0 N–H and O–H groups in total. The molecule has 0 saturated heterocycles. The zero-order valence-electron chi connectivity index (χ0n) is 11.9. The van der Waals surface area contributed by atoms with Gasteiger partial charge in [0.15, 0.2) is 0 Å². The monoisotopic (exact) mass is 327 g/mol. The van der Waals surface area contributed by atoms with Crippen molar-refractivity contribution in [3.05, 3.63) is 41.9 Å². The second-order valence-electron chi connectivity index (χ2n) is 4.11. The van der Waals surface area contributed by atoms with Crippen LogP contribution in [0.2, 0.25) is 5.02 Å². The van der Waals surface area contributed by atoms with E-state index in [1.54, 1.807) is 25.1 Å². The van der Waals surface area contributed by atoms with Crippen LogP contribution in [0.1, 0.15) is 6.92 Å². The molecule has 0 heterocycles. The van der Waals surface area contributed by atoms with Crippen molar-refractivity contribution in [2.75, 3.05) is 25.4 Å². The van der Waals surface area contributed by atoms with Gasteiger partial charge in [0.2, 0.25) is 5.91 Å². The van der Waals surface area contributed by atoms with Gasteiger partial charge < -0.3 is 9.64 Å². The van der Waals surface area contributed by atoms with Crippen LogP contribution in [-0.4, -0.2) is 42.2 Å². The topological polar surface area (TPSA) is 46.6 Å². The zero-order chi connectivity index (χ0) is 15.7. The molecule has 0 aliphatic rings. The quantitative estimate of drug-likeness (QED) is 0.418. The molecule has 0 aliphatic heterocycles. The molecule has 1 aromatic rings. The predicted molar refractivity (Wildman–Crippen MR) is 85.6 cm³/mol. The molecule has 1 rings (SSSR count). The lowest BCUT2D eigenvalue weighted by molar-refractivity contribution is -0.147. The van der Waals surface area contributed by atoms with E-state index in [0.717, 1.165) is 4.90 Å². The first-order valence-corrected chi connectivity index (χ1v) is 7.85. The minimum absolute atomic E-state index is 0.0557. The normalized spacial score (nSPS) is 10.0. The highest BCUT2D eigenvalue weighted by Crippen LogP contribution is 2.20. The lowest BCUT2D eigenvalue weighted by Gasteiger charge is -2.19. The number of hydrogen-bond donors (Lipinski definition) is 0. The van der Waals surface area contributed by atoms with E-state index in [2.05, 4.69) is 6.58 Å². The predicted octanol–water partition coefficient (Wildman–Crippen LogP) is 3.01. The largest absolute Gasteiger partial charge is 0.465 e. The van der Waals surface area contributed by atoms with Crippen molar-refractivity contribution in [3.8, 4) is 0 Å². The van der Waals surface area contributed by atoms with E-state index in [1.165, 1.54) is 16.7 Å². The summed E-state index contributed by atoms with van der Waals surface area (Å²) < 4.78 is 4.86. The van der Waals surface area contributed by atoms with Gasteiger partial charge in [0.25, 0.3) is 0 Å². The number of amides is 1. The molecule has 21 heavy (non-hydrogen) atoms.